The van der Waals surface area contributed by atoms with Crippen molar-refractivity contribution in [1.29, 1.82) is 0 Å². The Morgan fingerprint density at radius 1 is 1.18 bits per heavy atom. The van der Waals surface area contributed by atoms with Gasteiger partial charge in [-0.1, -0.05) is 30.3 Å². The number of hydrogen-bond donors (Lipinski definition) is 1. The van der Waals surface area contributed by atoms with Crippen molar-refractivity contribution >= 4 is 23.7 Å². The largest absolute Gasteiger partial charge is 0.496 e. The topological polar surface area (TPSA) is 38.3 Å². The highest BCUT2D eigenvalue weighted by Crippen LogP contribution is 2.17. The van der Waals surface area contributed by atoms with Gasteiger partial charge in [-0.3, -0.25) is 4.79 Å². The van der Waals surface area contributed by atoms with Crippen LogP contribution in [0.4, 0.5) is 0 Å². The third-order valence-electron chi connectivity index (χ3n) is 3.19. The minimum Gasteiger partial charge on any atom is -0.496 e. The first-order valence-electron chi connectivity index (χ1n) is 6.95. The predicted octanol–water partition coefficient (Wildman–Crippen LogP) is 3.75. The number of carbonyl (C=O) groups excluding carboxylic acids is 1. The molecule has 0 aliphatic rings. The van der Waals surface area contributed by atoms with Crippen LogP contribution in [0.15, 0.2) is 59.5 Å². The molecule has 22 heavy (non-hydrogen) atoms. The first-order chi connectivity index (χ1) is 10.7. The molecule has 0 atom stereocenters. The lowest BCUT2D eigenvalue weighted by molar-refractivity contribution is -0.116. The lowest BCUT2D eigenvalue weighted by Gasteiger charge is -2.08. The van der Waals surface area contributed by atoms with Gasteiger partial charge in [0.05, 0.1) is 7.11 Å². The van der Waals surface area contributed by atoms with Crippen molar-refractivity contribution in [3.8, 4) is 5.75 Å². The normalized spacial score (nSPS) is 10.6. The van der Waals surface area contributed by atoms with Gasteiger partial charge in [-0.15, -0.1) is 11.8 Å². The molecule has 4 heteroatoms. The number of thioether (sulfide) groups is 1. The summed E-state index contributed by atoms with van der Waals surface area (Å²) in [4.78, 5) is 13.1. The van der Waals surface area contributed by atoms with Gasteiger partial charge in [-0.2, -0.15) is 0 Å². The molecule has 0 saturated carbocycles. The Kier molecular flexibility index (Phi) is 6.10. The minimum absolute atomic E-state index is 0.125. The van der Waals surface area contributed by atoms with Crippen molar-refractivity contribution in [2.45, 2.75) is 11.4 Å². The zero-order chi connectivity index (χ0) is 15.8. The summed E-state index contributed by atoms with van der Waals surface area (Å²) in [5, 5.41) is 2.86. The molecule has 0 aliphatic heterocycles. The molecule has 2 aromatic carbocycles. The number of rotatable bonds is 6. The van der Waals surface area contributed by atoms with Gasteiger partial charge in [-0.05, 0) is 36.1 Å². The molecule has 1 N–H and O–H groups in total. The fourth-order valence-electron chi connectivity index (χ4n) is 1.98. The molecule has 0 spiro atoms. The van der Waals surface area contributed by atoms with Crippen LogP contribution in [0.25, 0.3) is 6.08 Å². The van der Waals surface area contributed by atoms with Gasteiger partial charge in [0.1, 0.15) is 5.75 Å². The number of carbonyl (C=O) groups is 1. The molecule has 2 rings (SSSR count). The molecule has 3 nitrogen and oxygen atoms in total. The molecule has 1 amide bonds. The van der Waals surface area contributed by atoms with Gasteiger partial charge in [0, 0.05) is 23.1 Å². The molecular weight excluding hydrogens is 294 g/mol. The quantitative estimate of drug-likeness (QED) is 0.652. The van der Waals surface area contributed by atoms with E-state index in [1.54, 1.807) is 24.9 Å². The SMILES string of the molecule is COc1ccccc1CNC(=O)/C=C/c1ccc(SC)cc1. The monoisotopic (exact) mass is 313 g/mol. The number of ether oxygens (including phenoxy) is 1. The van der Waals surface area contributed by atoms with E-state index in [1.165, 1.54) is 4.90 Å². The minimum atomic E-state index is -0.125. The van der Waals surface area contributed by atoms with Gasteiger partial charge in [0.2, 0.25) is 5.91 Å². The van der Waals surface area contributed by atoms with E-state index in [0.717, 1.165) is 16.9 Å². The average Bonchev–Trinajstić information content (AvgIpc) is 2.58. The van der Waals surface area contributed by atoms with Gasteiger partial charge < -0.3 is 10.1 Å². The van der Waals surface area contributed by atoms with Crippen molar-refractivity contribution in [3.05, 3.63) is 65.7 Å². The third kappa shape index (κ3) is 4.67. The third-order valence-corrected chi connectivity index (χ3v) is 3.93. The summed E-state index contributed by atoms with van der Waals surface area (Å²) in [5.74, 6) is 0.652. The van der Waals surface area contributed by atoms with Crippen LogP contribution >= 0.6 is 11.8 Å². The molecule has 114 valence electrons. The van der Waals surface area contributed by atoms with Gasteiger partial charge in [0.25, 0.3) is 0 Å². The van der Waals surface area contributed by atoms with E-state index in [9.17, 15) is 4.79 Å². The van der Waals surface area contributed by atoms with Crippen LogP contribution in [0.5, 0.6) is 5.75 Å². The van der Waals surface area contributed by atoms with E-state index in [1.807, 2.05) is 60.9 Å². The summed E-state index contributed by atoms with van der Waals surface area (Å²) in [6.07, 6.45) is 5.39. The van der Waals surface area contributed by atoms with Crippen molar-refractivity contribution in [2.24, 2.45) is 0 Å². The maximum Gasteiger partial charge on any atom is 0.244 e. The van der Waals surface area contributed by atoms with Crippen LogP contribution in [0.1, 0.15) is 11.1 Å². The zero-order valence-electron chi connectivity index (χ0n) is 12.7. The van der Waals surface area contributed by atoms with Crippen molar-refractivity contribution in [3.63, 3.8) is 0 Å². The smallest absolute Gasteiger partial charge is 0.244 e. The van der Waals surface area contributed by atoms with Crippen LogP contribution in [0.3, 0.4) is 0 Å². The van der Waals surface area contributed by atoms with E-state index in [-0.39, 0.29) is 5.91 Å². The molecular formula is C18H19NO2S. The first kappa shape index (κ1) is 16.2. The van der Waals surface area contributed by atoms with E-state index in [2.05, 4.69) is 5.32 Å². The lowest BCUT2D eigenvalue weighted by atomic mass is 10.2. The summed E-state index contributed by atoms with van der Waals surface area (Å²) in [5.41, 5.74) is 1.96. The second-order valence-corrected chi connectivity index (χ2v) is 5.52. The van der Waals surface area contributed by atoms with E-state index in [0.29, 0.717) is 6.54 Å². The fourth-order valence-corrected chi connectivity index (χ4v) is 2.39. The maximum atomic E-state index is 11.9. The maximum absolute atomic E-state index is 11.9. The predicted molar refractivity (Wildman–Crippen MR) is 92.1 cm³/mol. The zero-order valence-corrected chi connectivity index (χ0v) is 13.5. The van der Waals surface area contributed by atoms with Gasteiger partial charge >= 0.3 is 0 Å². The molecule has 0 bridgehead atoms. The van der Waals surface area contributed by atoms with E-state index >= 15 is 0 Å². The van der Waals surface area contributed by atoms with Crippen molar-refractivity contribution in [2.75, 3.05) is 13.4 Å². The Morgan fingerprint density at radius 3 is 2.59 bits per heavy atom. The fraction of sp³-hybridized carbons (Fsp3) is 0.167. The lowest BCUT2D eigenvalue weighted by Crippen LogP contribution is -2.20. The highest BCUT2D eigenvalue weighted by molar-refractivity contribution is 7.98. The van der Waals surface area contributed by atoms with Crippen molar-refractivity contribution < 1.29 is 9.53 Å². The number of nitrogens with one attached hydrogen (secondary N) is 1. The van der Waals surface area contributed by atoms with E-state index in [4.69, 9.17) is 4.74 Å². The van der Waals surface area contributed by atoms with Gasteiger partial charge in [-0.25, -0.2) is 0 Å². The summed E-state index contributed by atoms with van der Waals surface area (Å²) < 4.78 is 5.26. The van der Waals surface area contributed by atoms with Crippen molar-refractivity contribution in [1.82, 2.24) is 5.32 Å². The molecule has 0 heterocycles. The highest BCUT2D eigenvalue weighted by atomic mass is 32.2. The second-order valence-electron chi connectivity index (χ2n) is 4.64. The molecule has 0 unspecified atom stereocenters. The van der Waals surface area contributed by atoms with E-state index < -0.39 is 0 Å². The Hall–Kier alpha value is -2.20. The Balaban J connectivity index is 1.90. The Morgan fingerprint density at radius 2 is 1.91 bits per heavy atom. The van der Waals surface area contributed by atoms with Crippen LogP contribution in [-0.4, -0.2) is 19.3 Å². The number of benzene rings is 2. The molecule has 0 aliphatic carbocycles. The molecule has 0 radical (unpaired) electrons. The molecule has 0 saturated heterocycles. The first-order valence-corrected chi connectivity index (χ1v) is 8.17. The number of amides is 1. The summed E-state index contributed by atoms with van der Waals surface area (Å²) in [7, 11) is 1.62. The standard InChI is InChI=1S/C18H19NO2S/c1-21-17-6-4-3-5-15(17)13-19-18(20)12-9-14-7-10-16(22-2)11-8-14/h3-12H,13H2,1-2H3,(H,19,20)/b12-9+. The highest BCUT2D eigenvalue weighted by Gasteiger charge is 2.02. The van der Waals surface area contributed by atoms with Gasteiger partial charge in [0.15, 0.2) is 0 Å². The Labute approximate surface area is 135 Å². The number of hydrogen-bond acceptors (Lipinski definition) is 3. The van der Waals surface area contributed by atoms with Crippen LogP contribution in [0, 0.1) is 0 Å². The summed E-state index contributed by atoms with van der Waals surface area (Å²) in [6.45, 7) is 0.443. The number of methoxy groups -OCH3 is 1. The van der Waals surface area contributed by atoms with Crippen LogP contribution < -0.4 is 10.1 Å². The summed E-state index contributed by atoms with van der Waals surface area (Å²) >= 11 is 1.70. The number of para-hydroxylation sites is 1. The Bertz CT molecular complexity index is 650. The van der Waals surface area contributed by atoms with Crippen LogP contribution in [-0.2, 0) is 11.3 Å². The molecule has 0 fully saturated rings. The van der Waals surface area contributed by atoms with Crippen LogP contribution in [0.2, 0.25) is 0 Å². The summed E-state index contributed by atoms with van der Waals surface area (Å²) in [6, 6.07) is 15.7. The average molecular weight is 313 g/mol. The molecule has 0 aromatic heterocycles. The second kappa shape index (κ2) is 8.29. The molecule has 2 aromatic rings.